The zero-order chi connectivity index (χ0) is 17.6. The van der Waals surface area contributed by atoms with E-state index in [1.165, 1.54) is 12.8 Å². The second kappa shape index (κ2) is 8.80. The Bertz CT molecular complexity index is 751. The van der Waals surface area contributed by atoms with Crippen LogP contribution in [0.15, 0.2) is 6.33 Å². The van der Waals surface area contributed by atoms with Crippen molar-refractivity contribution in [2.45, 2.75) is 76.5 Å². The van der Waals surface area contributed by atoms with Crippen LogP contribution in [0.3, 0.4) is 0 Å². The van der Waals surface area contributed by atoms with Crippen LogP contribution in [0.4, 0.5) is 11.8 Å². The summed E-state index contributed by atoms with van der Waals surface area (Å²) in [5, 5.41) is 3.56. The minimum absolute atomic E-state index is 0. The number of anilines is 2. The highest BCUT2D eigenvalue weighted by atomic mass is 35.5. The Morgan fingerprint density at radius 3 is 2.37 bits per heavy atom. The Labute approximate surface area is 173 Å². The van der Waals surface area contributed by atoms with Crippen molar-refractivity contribution in [3.63, 3.8) is 0 Å². The van der Waals surface area contributed by atoms with Gasteiger partial charge in [-0.05, 0) is 52.4 Å². The van der Waals surface area contributed by atoms with Crippen LogP contribution in [0.2, 0.25) is 0 Å². The van der Waals surface area contributed by atoms with Gasteiger partial charge in [-0.1, -0.05) is 0 Å². The Balaban J connectivity index is 0.00000131. The van der Waals surface area contributed by atoms with Crippen LogP contribution >= 0.6 is 24.8 Å². The molecular weight excluding hydrogens is 385 g/mol. The smallest absolute Gasteiger partial charge is 0.227 e. The SMILES string of the molecule is CC(C)n1cnc2c(N(C)C3CC3)nc(N[C@H]3CC[C@H](N)CC3)nc21.Cl.Cl. The number of hydrogen-bond acceptors (Lipinski definition) is 6. The third-order valence-corrected chi connectivity index (χ3v) is 5.49. The summed E-state index contributed by atoms with van der Waals surface area (Å²) in [4.78, 5) is 16.5. The molecule has 2 aliphatic carbocycles. The number of hydrogen-bond donors (Lipinski definition) is 2. The van der Waals surface area contributed by atoms with Crippen LogP contribution in [0, 0.1) is 0 Å². The normalized spacial score (nSPS) is 22.3. The number of aromatic nitrogens is 4. The van der Waals surface area contributed by atoms with Crippen LogP contribution < -0.4 is 16.0 Å². The maximum absolute atomic E-state index is 6.03. The molecule has 0 spiro atoms. The molecule has 2 aliphatic rings. The van der Waals surface area contributed by atoms with Crippen molar-refractivity contribution < 1.29 is 0 Å². The number of imidazole rings is 1. The van der Waals surface area contributed by atoms with E-state index in [0.29, 0.717) is 24.2 Å². The molecular formula is C18H31Cl2N7. The van der Waals surface area contributed by atoms with Crippen molar-refractivity contribution in [3.8, 4) is 0 Å². The quantitative estimate of drug-likeness (QED) is 0.776. The fourth-order valence-corrected chi connectivity index (χ4v) is 3.67. The van der Waals surface area contributed by atoms with Crippen molar-refractivity contribution in [2.75, 3.05) is 17.3 Å². The Morgan fingerprint density at radius 2 is 1.78 bits per heavy atom. The van der Waals surface area contributed by atoms with Crippen LogP contribution in [-0.2, 0) is 0 Å². The van der Waals surface area contributed by atoms with E-state index in [1.54, 1.807) is 0 Å². The summed E-state index contributed by atoms with van der Waals surface area (Å²) in [6.45, 7) is 4.31. The highest BCUT2D eigenvalue weighted by Gasteiger charge is 2.30. The number of nitrogens with two attached hydrogens (primary N) is 1. The third-order valence-electron chi connectivity index (χ3n) is 5.49. The first-order chi connectivity index (χ1) is 12.0. The average Bonchev–Trinajstić information content (AvgIpc) is 3.35. The monoisotopic (exact) mass is 415 g/mol. The lowest BCUT2D eigenvalue weighted by atomic mass is 9.92. The standard InChI is InChI=1S/C18H29N7.2ClH/c1-11(2)25-10-20-15-16(24(3)14-8-9-14)22-18(23-17(15)25)21-13-6-4-12(19)5-7-13;;/h10-14H,4-9,19H2,1-3H3,(H,21,22,23);2*1H/t12-,13-;;. The van der Waals surface area contributed by atoms with Gasteiger partial charge in [0, 0.05) is 31.2 Å². The van der Waals surface area contributed by atoms with Gasteiger partial charge < -0.3 is 20.5 Å². The van der Waals surface area contributed by atoms with Gasteiger partial charge >= 0.3 is 0 Å². The van der Waals surface area contributed by atoms with Crippen molar-refractivity contribution in [1.82, 2.24) is 19.5 Å². The first-order valence-electron chi connectivity index (χ1n) is 9.52. The summed E-state index contributed by atoms with van der Waals surface area (Å²) in [6.07, 6.45) is 8.65. The van der Waals surface area contributed by atoms with Crippen molar-refractivity contribution in [1.29, 1.82) is 0 Å². The fraction of sp³-hybridized carbons (Fsp3) is 0.722. The van der Waals surface area contributed by atoms with E-state index in [-0.39, 0.29) is 24.8 Å². The first kappa shape index (κ1) is 22.0. The molecule has 4 rings (SSSR count). The summed E-state index contributed by atoms with van der Waals surface area (Å²) in [6, 6.07) is 1.66. The molecule has 7 nitrogen and oxygen atoms in total. The molecule has 0 unspecified atom stereocenters. The fourth-order valence-electron chi connectivity index (χ4n) is 3.67. The number of rotatable bonds is 5. The molecule has 0 saturated heterocycles. The Morgan fingerprint density at radius 1 is 1.11 bits per heavy atom. The number of nitrogens with zero attached hydrogens (tertiary/aromatic N) is 5. The van der Waals surface area contributed by atoms with Crippen molar-refractivity contribution >= 4 is 47.7 Å². The molecule has 0 amide bonds. The van der Waals surface area contributed by atoms with Crippen LogP contribution in [0.25, 0.3) is 11.2 Å². The van der Waals surface area contributed by atoms with Crippen molar-refractivity contribution in [3.05, 3.63) is 6.33 Å². The van der Waals surface area contributed by atoms with Gasteiger partial charge in [-0.25, -0.2) is 4.98 Å². The molecule has 2 aromatic heterocycles. The zero-order valence-corrected chi connectivity index (χ0v) is 17.9. The molecule has 2 saturated carbocycles. The number of halogens is 2. The first-order valence-corrected chi connectivity index (χ1v) is 9.52. The maximum atomic E-state index is 6.03. The van der Waals surface area contributed by atoms with Gasteiger partial charge in [0.2, 0.25) is 5.95 Å². The molecule has 2 fully saturated rings. The zero-order valence-electron chi connectivity index (χ0n) is 16.3. The molecule has 0 atom stereocenters. The maximum Gasteiger partial charge on any atom is 0.227 e. The molecule has 0 bridgehead atoms. The summed E-state index contributed by atoms with van der Waals surface area (Å²) in [5.74, 6) is 1.67. The van der Waals surface area contributed by atoms with Crippen molar-refractivity contribution in [2.24, 2.45) is 5.73 Å². The Hall–Kier alpha value is -1.31. The number of nitrogens with one attached hydrogen (secondary N) is 1. The van der Waals surface area contributed by atoms with Gasteiger partial charge in [-0.15, -0.1) is 24.8 Å². The molecule has 2 heterocycles. The summed E-state index contributed by atoms with van der Waals surface area (Å²) in [7, 11) is 2.12. The van der Waals surface area contributed by atoms with Gasteiger partial charge in [0.05, 0.1) is 6.33 Å². The van der Waals surface area contributed by atoms with E-state index < -0.39 is 0 Å². The van der Waals surface area contributed by atoms with E-state index in [4.69, 9.17) is 15.7 Å². The number of fused-ring (bicyclic) bond motifs is 1. The molecule has 0 aromatic carbocycles. The predicted molar refractivity (Wildman–Crippen MR) is 115 cm³/mol. The topological polar surface area (TPSA) is 84.9 Å². The van der Waals surface area contributed by atoms with E-state index in [2.05, 4.69) is 40.7 Å². The van der Waals surface area contributed by atoms with E-state index in [9.17, 15) is 0 Å². The lowest BCUT2D eigenvalue weighted by molar-refractivity contribution is 0.410. The van der Waals surface area contributed by atoms with Crippen LogP contribution in [0.5, 0.6) is 0 Å². The molecule has 27 heavy (non-hydrogen) atoms. The molecule has 2 aromatic rings. The lowest BCUT2D eigenvalue weighted by Gasteiger charge is -2.27. The lowest BCUT2D eigenvalue weighted by Crippen LogP contribution is -2.33. The summed E-state index contributed by atoms with van der Waals surface area (Å²) < 4.78 is 2.13. The van der Waals surface area contributed by atoms with E-state index >= 15 is 0 Å². The predicted octanol–water partition coefficient (Wildman–Crippen LogP) is 3.53. The molecule has 0 aliphatic heterocycles. The summed E-state index contributed by atoms with van der Waals surface area (Å²) in [5.41, 5.74) is 7.85. The van der Waals surface area contributed by atoms with Gasteiger partial charge in [0.1, 0.15) is 0 Å². The Kier molecular flexibility index (Phi) is 7.16. The molecule has 3 N–H and O–H groups in total. The average molecular weight is 416 g/mol. The highest BCUT2D eigenvalue weighted by Crippen LogP contribution is 2.34. The van der Waals surface area contributed by atoms with E-state index in [0.717, 1.165) is 48.6 Å². The van der Waals surface area contributed by atoms with Crippen LogP contribution in [-0.4, -0.2) is 44.7 Å². The van der Waals surface area contributed by atoms with Crippen LogP contribution in [0.1, 0.15) is 58.4 Å². The van der Waals surface area contributed by atoms with Gasteiger partial charge in [-0.3, -0.25) is 0 Å². The summed E-state index contributed by atoms with van der Waals surface area (Å²) >= 11 is 0. The molecule has 0 radical (unpaired) electrons. The molecule has 9 heteroatoms. The van der Waals surface area contributed by atoms with Gasteiger partial charge in [-0.2, -0.15) is 9.97 Å². The second-order valence-corrected chi connectivity index (χ2v) is 7.89. The highest BCUT2D eigenvalue weighted by molar-refractivity contribution is 5.86. The minimum Gasteiger partial charge on any atom is -0.355 e. The van der Waals surface area contributed by atoms with Gasteiger partial charge in [0.15, 0.2) is 17.0 Å². The largest absolute Gasteiger partial charge is 0.355 e. The van der Waals surface area contributed by atoms with Gasteiger partial charge in [0.25, 0.3) is 0 Å². The minimum atomic E-state index is 0. The van der Waals surface area contributed by atoms with E-state index in [1.807, 2.05) is 6.33 Å². The molecule has 152 valence electrons. The third kappa shape index (κ3) is 4.58. The second-order valence-electron chi connectivity index (χ2n) is 7.89.